The summed E-state index contributed by atoms with van der Waals surface area (Å²) in [6.45, 7) is 6.44. The molecule has 0 spiro atoms. The van der Waals surface area contributed by atoms with Gasteiger partial charge in [0.05, 0.1) is 6.10 Å². The first kappa shape index (κ1) is 14.2. The van der Waals surface area contributed by atoms with Crippen molar-refractivity contribution < 1.29 is 17.9 Å². The van der Waals surface area contributed by atoms with Crippen LogP contribution in [0.15, 0.2) is 0 Å². The molecule has 0 aromatic carbocycles. The monoisotopic (exact) mass is 265 g/mol. The first-order valence-electron chi connectivity index (χ1n) is 5.53. The molecule has 100 valence electrons. The minimum Gasteiger partial charge on any atom is -0.446 e. The van der Waals surface area contributed by atoms with Gasteiger partial charge in [-0.25, -0.2) is 9.52 Å². The normalized spacial score (nSPS) is 22.5. The first-order valence-corrected chi connectivity index (χ1v) is 6.97. The highest BCUT2D eigenvalue weighted by atomic mass is 32.2. The summed E-state index contributed by atoms with van der Waals surface area (Å²) in [7, 11) is -3.79. The molecule has 7 nitrogen and oxygen atoms in total. The number of hydrogen-bond acceptors (Lipinski definition) is 5. The van der Waals surface area contributed by atoms with Crippen LogP contribution in [0, 0.1) is 0 Å². The minimum atomic E-state index is -3.79. The highest BCUT2D eigenvalue weighted by Crippen LogP contribution is 2.04. The molecule has 1 aliphatic rings. The Bertz CT molecular complexity index is 368. The Morgan fingerprint density at radius 3 is 2.71 bits per heavy atom. The van der Waals surface area contributed by atoms with Crippen molar-refractivity contribution in [3.8, 4) is 0 Å². The van der Waals surface area contributed by atoms with Gasteiger partial charge in [0.2, 0.25) is 0 Å². The van der Waals surface area contributed by atoms with E-state index in [2.05, 4.69) is 5.32 Å². The second-order valence-corrected chi connectivity index (χ2v) is 5.95. The van der Waals surface area contributed by atoms with E-state index in [1.165, 1.54) is 4.31 Å². The van der Waals surface area contributed by atoms with Crippen molar-refractivity contribution in [2.24, 2.45) is 0 Å². The van der Waals surface area contributed by atoms with Gasteiger partial charge >= 0.3 is 16.3 Å². The van der Waals surface area contributed by atoms with Gasteiger partial charge in [0.25, 0.3) is 0 Å². The molecule has 0 aliphatic carbocycles. The molecule has 1 amide bonds. The average molecular weight is 265 g/mol. The van der Waals surface area contributed by atoms with Crippen molar-refractivity contribution in [1.29, 1.82) is 0 Å². The standard InChI is InChI=1S/C9H19N3O4S/c1-7(2)16-9(13)11-17(14,15)12-5-4-10-8(3)6-12/h7-8,10H,4-6H2,1-3H3,(H,11,13)/t8-/m0/s1. The third-order valence-corrected chi connectivity index (χ3v) is 3.66. The van der Waals surface area contributed by atoms with Crippen molar-refractivity contribution >= 4 is 16.3 Å². The fraction of sp³-hybridized carbons (Fsp3) is 0.889. The molecule has 1 atom stereocenters. The Morgan fingerprint density at radius 2 is 2.18 bits per heavy atom. The third kappa shape index (κ3) is 4.49. The van der Waals surface area contributed by atoms with Gasteiger partial charge in [-0.2, -0.15) is 12.7 Å². The predicted molar refractivity (Wildman–Crippen MR) is 62.7 cm³/mol. The zero-order chi connectivity index (χ0) is 13.1. The first-order chi connectivity index (χ1) is 7.81. The lowest BCUT2D eigenvalue weighted by Crippen LogP contribution is -2.55. The largest absolute Gasteiger partial charge is 0.446 e. The zero-order valence-electron chi connectivity index (χ0n) is 10.3. The van der Waals surface area contributed by atoms with Crippen LogP contribution in [0.5, 0.6) is 0 Å². The SMILES string of the molecule is CC(C)OC(=O)NS(=O)(=O)N1CCN[C@@H](C)C1. The summed E-state index contributed by atoms with van der Waals surface area (Å²) in [5.74, 6) is 0. The van der Waals surface area contributed by atoms with Crippen LogP contribution in [0.25, 0.3) is 0 Å². The quantitative estimate of drug-likeness (QED) is 0.729. The van der Waals surface area contributed by atoms with Crippen molar-refractivity contribution in [3.05, 3.63) is 0 Å². The van der Waals surface area contributed by atoms with Gasteiger partial charge in [-0.1, -0.05) is 0 Å². The summed E-state index contributed by atoms with van der Waals surface area (Å²) in [6, 6.07) is 0.0708. The maximum absolute atomic E-state index is 11.8. The van der Waals surface area contributed by atoms with E-state index in [1.54, 1.807) is 13.8 Å². The Labute approximate surface area is 102 Å². The van der Waals surface area contributed by atoms with Crippen molar-refractivity contribution in [1.82, 2.24) is 14.3 Å². The summed E-state index contributed by atoms with van der Waals surface area (Å²) < 4.78 is 31.5. The molecule has 8 heteroatoms. The van der Waals surface area contributed by atoms with E-state index in [0.717, 1.165) is 0 Å². The van der Waals surface area contributed by atoms with E-state index in [9.17, 15) is 13.2 Å². The van der Waals surface area contributed by atoms with Crippen molar-refractivity contribution in [2.45, 2.75) is 32.9 Å². The number of ether oxygens (including phenoxy) is 1. The van der Waals surface area contributed by atoms with Crippen LogP contribution in [0.2, 0.25) is 0 Å². The van der Waals surface area contributed by atoms with Crippen LogP contribution < -0.4 is 10.0 Å². The Kier molecular flexibility index (Phi) is 4.72. The highest BCUT2D eigenvalue weighted by molar-refractivity contribution is 7.87. The van der Waals surface area contributed by atoms with E-state index in [0.29, 0.717) is 19.6 Å². The van der Waals surface area contributed by atoms with Gasteiger partial charge in [0, 0.05) is 25.7 Å². The van der Waals surface area contributed by atoms with Crippen LogP contribution in [-0.2, 0) is 14.9 Å². The topological polar surface area (TPSA) is 87.7 Å². The molecule has 1 saturated heterocycles. The lowest BCUT2D eigenvalue weighted by Gasteiger charge is -2.30. The van der Waals surface area contributed by atoms with Crippen LogP contribution in [0.1, 0.15) is 20.8 Å². The second-order valence-electron chi connectivity index (χ2n) is 4.27. The highest BCUT2D eigenvalue weighted by Gasteiger charge is 2.28. The molecule has 1 aliphatic heterocycles. The van der Waals surface area contributed by atoms with Crippen LogP contribution >= 0.6 is 0 Å². The van der Waals surface area contributed by atoms with Gasteiger partial charge < -0.3 is 10.1 Å². The maximum Gasteiger partial charge on any atom is 0.422 e. The number of piperazine rings is 1. The van der Waals surface area contributed by atoms with E-state index in [-0.39, 0.29) is 12.1 Å². The zero-order valence-corrected chi connectivity index (χ0v) is 11.1. The number of carbonyl (C=O) groups excluding carboxylic acids is 1. The van der Waals surface area contributed by atoms with Crippen molar-refractivity contribution in [2.75, 3.05) is 19.6 Å². The minimum absolute atomic E-state index is 0.0708. The van der Waals surface area contributed by atoms with Crippen LogP contribution in [0.3, 0.4) is 0 Å². The molecular formula is C9H19N3O4S. The summed E-state index contributed by atoms with van der Waals surface area (Å²) in [4.78, 5) is 11.2. The molecule has 0 aromatic heterocycles. The smallest absolute Gasteiger partial charge is 0.422 e. The Balaban J connectivity index is 2.58. The van der Waals surface area contributed by atoms with Gasteiger partial charge in [-0.15, -0.1) is 0 Å². The molecule has 1 heterocycles. The van der Waals surface area contributed by atoms with E-state index in [1.807, 2.05) is 11.6 Å². The third-order valence-electron chi connectivity index (χ3n) is 2.23. The van der Waals surface area contributed by atoms with Crippen molar-refractivity contribution in [3.63, 3.8) is 0 Å². The molecule has 0 saturated carbocycles. The molecule has 0 unspecified atom stereocenters. The number of rotatable bonds is 3. The number of amides is 1. The molecule has 0 radical (unpaired) electrons. The summed E-state index contributed by atoms with van der Waals surface area (Å²) in [5.41, 5.74) is 0. The van der Waals surface area contributed by atoms with E-state index >= 15 is 0 Å². The number of nitrogens with one attached hydrogen (secondary N) is 2. The van der Waals surface area contributed by atoms with E-state index in [4.69, 9.17) is 4.74 Å². The molecule has 1 fully saturated rings. The maximum atomic E-state index is 11.8. The summed E-state index contributed by atoms with van der Waals surface area (Å²) in [5, 5.41) is 3.12. The Hall–Kier alpha value is -0.860. The van der Waals surface area contributed by atoms with Crippen LogP contribution in [0.4, 0.5) is 4.79 Å². The molecule has 0 aromatic rings. The molecule has 2 N–H and O–H groups in total. The molecular weight excluding hydrogens is 246 g/mol. The van der Waals surface area contributed by atoms with E-state index < -0.39 is 16.3 Å². The lowest BCUT2D eigenvalue weighted by molar-refractivity contribution is 0.120. The van der Waals surface area contributed by atoms with Gasteiger partial charge in [0.15, 0.2) is 0 Å². The van der Waals surface area contributed by atoms with Gasteiger partial charge in [-0.05, 0) is 20.8 Å². The molecule has 1 rings (SSSR count). The fourth-order valence-corrected chi connectivity index (χ4v) is 2.66. The molecule has 0 bridgehead atoms. The van der Waals surface area contributed by atoms with Gasteiger partial charge in [-0.3, -0.25) is 0 Å². The number of nitrogens with zero attached hydrogens (tertiary/aromatic N) is 1. The average Bonchev–Trinajstić information content (AvgIpc) is 2.15. The summed E-state index contributed by atoms with van der Waals surface area (Å²) >= 11 is 0. The Morgan fingerprint density at radius 1 is 1.53 bits per heavy atom. The van der Waals surface area contributed by atoms with Crippen LogP contribution in [-0.4, -0.2) is 50.6 Å². The second kappa shape index (κ2) is 5.65. The fourth-order valence-electron chi connectivity index (χ4n) is 1.52. The molecule has 17 heavy (non-hydrogen) atoms. The lowest BCUT2D eigenvalue weighted by atomic mass is 10.3. The van der Waals surface area contributed by atoms with Gasteiger partial charge in [0.1, 0.15) is 0 Å². The summed E-state index contributed by atoms with van der Waals surface area (Å²) in [6.07, 6.45) is -1.29. The predicted octanol–water partition coefficient (Wildman–Crippen LogP) is -0.340. The number of carbonyl (C=O) groups is 1. The number of hydrogen-bond donors (Lipinski definition) is 2.